The number of piperazine rings is 1. The van der Waals surface area contributed by atoms with E-state index in [2.05, 4.69) is 0 Å². The maximum atomic E-state index is 12.7. The smallest absolute Gasteiger partial charge is 0.368 e. The second kappa shape index (κ2) is 8.68. The molecule has 4 nitrogen and oxygen atoms in total. The fourth-order valence-electron chi connectivity index (χ4n) is 3.39. The summed E-state index contributed by atoms with van der Waals surface area (Å²) in [5.74, 6) is 0.0752. The van der Waals surface area contributed by atoms with Gasteiger partial charge in [-0.15, -0.1) is 0 Å². The highest BCUT2D eigenvalue weighted by Gasteiger charge is 2.30. The molecule has 2 aromatic rings. The molecule has 0 aromatic heterocycles. The molecule has 7 heteroatoms. The number of hydrogen-bond acceptors (Lipinski definition) is 3. The summed E-state index contributed by atoms with van der Waals surface area (Å²) in [6.07, 6.45) is -3.34. The van der Waals surface area contributed by atoms with E-state index in [1.807, 2.05) is 17.0 Å². The Hall–Kier alpha value is -2.83. The van der Waals surface area contributed by atoms with Crippen LogP contribution in [0.5, 0.6) is 0 Å². The number of hydrogen-bond donors (Lipinski definition) is 0. The van der Waals surface area contributed by atoms with Crippen LogP contribution in [0.4, 0.5) is 18.9 Å². The molecule has 0 saturated carbocycles. The van der Waals surface area contributed by atoms with Crippen LogP contribution in [-0.2, 0) is 17.4 Å². The quantitative estimate of drug-likeness (QED) is 0.702. The van der Waals surface area contributed by atoms with E-state index in [1.165, 1.54) is 19.1 Å². The number of benzene rings is 2. The lowest BCUT2D eigenvalue weighted by Gasteiger charge is -2.36. The number of amides is 1. The third kappa shape index (κ3) is 5.37. The van der Waals surface area contributed by atoms with E-state index < -0.39 is 11.7 Å². The van der Waals surface area contributed by atoms with Crippen LogP contribution in [0, 0.1) is 0 Å². The Kier molecular flexibility index (Phi) is 6.25. The van der Waals surface area contributed by atoms with E-state index in [4.69, 9.17) is 0 Å². The zero-order chi connectivity index (χ0) is 21.0. The fourth-order valence-corrected chi connectivity index (χ4v) is 3.39. The lowest BCUT2D eigenvalue weighted by atomic mass is 10.1. The average molecular weight is 404 g/mol. The first kappa shape index (κ1) is 20.9. The van der Waals surface area contributed by atoms with Gasteiger partial charge in [-0.05, 0) is 43.2 Å². The van der Waals surface area contributed by atoms with Crippen molar-refractivity contribution in [2.24, 2.45) is 0 Å². The molecule has 0 radical (unpaired) electrons. The minimum Gasteiger partial charge on any atom is -0.368 e. The van der Waals surface area contributed by atoms with Crippen molar-refractivity contribution >= 4 is 17.4 Å². The van der Waals surface area contributed by atoms with Gasteiger partial charge in [0, 0.05) is 43.9 Å². The van der Waals surface area contributed by atoms with Crippen molar-refractivity contribution in [2.45, 2.75) is 25.9 Å². The molecule has 0 unspecified atom stereocenters. The van der Waals surface area contributed by atoms with Gasteiger partial charge >= 0.3 is 6.18 Å². The lowest BCUT2D eigenvalue weighted by Crippen LogP contribution is -2.48. The van der Waals surface area contributed by atoms with Gasteiger partial charge in [-0.1, -0.05) is 24.3 Å². The first-order valence-corrected chi connectivity index (χ1v) is 9.54. The molecule has 154 valence electrons. The number of rotatable bonds is 5. The van der Waals surface area contributed by atoms with E-state index >= 15 is 0 Å². The number of Topliss-reactive ketones (excluding diaryl/α,β-unsaturated/α-hetero) is 1. The maximum Gasteiger partial charge on any atom is 0.416 e. The van der Waals surface area contributed by atoms with Crippen LogP contribution in [0.3, 0.4) is 0 Å². The number of ketones is 1. The lowest BCUT2D eigenvalue weighted by molar-refractivity contribution is -0.137. The highest BCUT2D eigenvalue weighted by Crippen LogP contribution is 2.30. The molecule has 1 aliphatic rings. The summed E-state index contributed by atoms with van der Waals surface area (Å²) >= 11 is 0. The number of nitrogens with zero attached hydrogens (tertiary/aromatic N) is 2. The number of carbonyl (C=O) groups is 2. The van der Waals surface area contributed by atoms with Crippen LogP contribution >= 0.6 is 0 Å². The maximum absolute atomic E-state index is 12.7. The van der Waals surface area contributed by atoms with Crippen LogP contribution < -0.4 is 4.90 Å². The minimum absolute atomic E-state index is 0.0125. The Bertz CT molecular complexity index is 853. The van der Waals surface area contributed by atoms with E-state index in [0.717, 1.165) is 23.4 Å². The third-order valence-electron chi connectivity index (χ3n) is 5.18. The molecule has 0 spiro atoms. The van der Waals surface area contributed by atoms with E-state index in [9.17, 15) is 22.8 Å². The van der Waals surface area contributed by atoms with E-state index in [1.54, 1.807) is 17.0 Å². The molecule has 0 aliphatic carbocycles. The third-order valence-corrected chi connectivity index (χ3v) is 5.18. The summed E-state index contributed by atoms with van der Waals surface area (Å²) in [5, 5.41) is 0. The zero-order valence-electron chi connectivity index (χ0n) is 16.2. The van der Waals surface area contributed by atoms with Gasteiger partial charge in [0.15, 0.2) is 5.78 Å². The highest BCUT2D eigenvalue weighted by molar-refractivity contribution is 5.94. The average Bonchev–Trinajstić information content (AvgIpc) is 2.72. The van der Waals surface area contributed by atoms with Crippen LogP contribution in [-0.4, -0.2) is 42.8 Å². The molecule has 0 atom stereocenters. The second-order valence-corrected chi connectivity index (χ2v) is 7.17. The van der Waals surface area contributed by atoms with Gasteiger partial charge in [-0.3, -0.25) is 9.59 Å². The second-order valence-electron chi connectivity index (χ2n) is 7.17. The van der Waals surface area contributed by atoms with E-state index in [0.29, 0.717) is 44.6 Å². The molecule has 1 amide bonds. The predicted molar refractivity (Wildman–Crippen MR) is 105 cm³/mol. The van der Waals surface area contributed by atoms with Crippen molar-refractivity contribution in [1.29, 1.82) is 0 Å². The van der Waals surface area contributed by atoms with Gasteiger partial charge in [0.25, 0.3) is 0 Å². The zero-order valence-corrected chi connectivity index (χ0v) is 16.2. The SMILES string of the molecule is CC(=O)c1ccc(CCC(=O)N2CCN(c3ccc(C(F)(F)F)cc3)CC2)cc1. The fraction of sp³-hybridized carbons (Fsp3) is 0.364. The molecular formula is C22H23F3N2O2. The van der Waals surface area contributed by atoms with Crippen molar-refractivity contribution in [3.63, 3.8) is 0 Å². The van der Waals surface area contributed by atoms with Gasteiger partial charge in [0.2, 0.25) is 5.91 Å². The number of alkyl halides is 3. The predicted octanol–water partition coefficient (Wildman–Crippen LogP) is 4.19. The van der Waals surface area contributed by atoms with Crippen molar-refractivity contribution in [3.05, 3.63) is 65.2 Å². The molecular weight excluding hydrogens is 381 g/mol. The molecule has 3 rings (SSSR count). The number of aryl methyl sites for hydroxylation is 1. The first-order valence-electron chi connectivity index (χ1n) is 9.54. The minimum atomic E-state index is -4.34. The molecule has 2 aromatic carbocycles. The van der Waals surface area contributed by atoms with Crippen molar-refractivity contribution < 1.29 is 22.8 Å². The summed E-state index contributed by atoms with van der Waals surface area (Å²) in [5.41, 5.74) is 1.73. The van der Waals surface area contributed by atoms with Crippen LogP contribution in [0.1, 0.15) is 34.8 Å². The molecule has 1 saturated heterocycles. The van der Waals surface area contributed by atoms with Crippen LogP contribution in [0.2, 0.25) is 0 Å². The largest absolute Gasteiger partial charge is 0.416 e. The highest BCUT2D eigenvalue weighted by atomic mass is 19.4. The van der Waals surface area contributed by atoms with Crippen LogP contribution in [0.25, 0.3) is 0 Å². The summed E-state index contributed by atoms with van der Waals surface area (Å²) in [6, 6.07) is 12.4. The summed E-state index contributed by atoms with van der Waals surface area (Å²) in [4.78, 5) is 27.6. The molecule has 0 bridgehead atoms. The van der Waals surface area contributed by atoms with Crippen molar-refractivity contribution in [3.8, 4) is 0 Å². The van der Waals surface area contributed by atoms with Gasteiger partial charge in [0.1, 0.15) is 0 Å². The van der Waals surface area contributed by atoms with Crippen molar-refractivity contribution in [2.75, 3.05) is 31.1 Å². The Labute approximate surface area is 167 Å². The Balaban J connectivity index is 1.48. The molecule has 1 heterocycles. The Morgan fingerprint density at radius 1 is 0.897 bits per heavy atom. The summed E-state index contributed by atoms with van der Waals surface area (Å²) < 4.78 is 38.0. The summed E-state index contributed by atoms with van der Waals surface area (Å²) in [7, 11) is 0. The van der Waals surface area contributed by atoms with Gasteiger partial charge in [-0.2, -0.15) is 13.2 Å². The Morgan fingerprint density at radius 3 is 2.00 bits per heavy atom. The summed E-state index contributed by atoms with van der Waals surface area (Å²) in [6.45, 7) is 3.78. The Morgan fingerprint density at radius 2 is 1.48 bits per heavy atom. The monoisotopic (exact) mass is 404 g/mol. The van der Waals surface area contributed by atoms with Crippen LogP contribution in [0.15, 0.2) is 48.5 Å². The van der Waals surface area contributed by atoms with Crippen molar-refractivity contribution in [1.82, 2.24) is 4.90 Å². The van der Waals surface area contributed by atoms with Gasteiger partial charge in [-0.25, -0.2) is 0 Å². The normalized spacial score (nSPS) is 14.8. The van der Waals surface area contributed by atoms with Gasteiger partial charge < -0.3 is 9.80 Å². The molecule has 0 N–H and O–H groups in total. The molecule has 29 heavy (non-hydrogen) atoms. The topological polar surface area (TPSA) is 40.6 Å². The number of anilines is 1. The number of carbonyl (C=O) groups excluding carboxylic acids is 2. The molecule has 1 aliphatic heterocycles. The first-order chi connectivity index (χ1) is 13.7. The van der Waals surface area contributed by atoms with Gasteiger partial charge in [0.05, 0.1) is 5.56 Å². The molecule has 1 fully saturated rings. The number of halogens is 3. The standard InChI is InChI=1S/C22H23F3N2O2/c1-16(28)18-5-2-17(3-6-18)4-11-21(29)27-14-12-26(13-15-27)20-9-7-19(8-10-20)22(23,24)25/h2-3,5-10H,4,11-15H2,1H3. The van der Waals surface area contributed by atoms with E-state index in [-0.39, 0.29) is 11.7 Å².